The minimum absolute atomic E-state index is 0.0714. The predicted octanol–water partition coefficient (Wildman–Crippen LogP) is 2.76. The number of ether oxygens (including phenoxy) is 2. The molecule has 0 unspecified atom stereocenters. The highest BCUT2D eigenvalue weighted by Crippen LogP contribution is 2.29. The Bertz CT molecular complexity index is 950. The van der Waals surface area contributed by atoms with E-state index in [0.29, 0.717) is 11.5 Å². The number of carbonyl (C=O) groups is 1. The highest BCUT2D eigenvalue weighted by atomic mass is 19.1. The molecule has 3 aromatic rings. The molecule has 4 N–H and O–H groups in total. The van der Waals surface area contributed by atoms with Crippen LogP contribution in [0.25, 0.3) is 0 Å². The maximum absolute atomic E-state index is 13.6. The first-order valence-electron chi connectivity index (χ1n) is 7.81. The summed E-state index contributed by atoms with van der Waals surface area (Å²) in [5.74, 6) is 0.0505. The molecule has 0 saturated heterocycles. The number of carbonyl (C=O) groups excluding carboxylic acids is 1. The normalized spacial score (nSPS) is 10.1. The number of methoxy groups -OCH3 is 1. The van der Waals surface area contributed by atoms with E-state index < -0.39 is 11.7 Å². The maximum atomic E-state index is 13.6. The van der Waals surface area contributed by atoms with Crippen LogP contribution in [-0.2, 0) is 0 Å². The van der Waals surface area contributed by atoms with E-state index in [2.05, 4.69) is 20.8 Å². The van der Waals surface area contributed by atoms with Gasteiger partial charge in [0.25, 0.3) is 5.91 Å². The molecule has 0 aliphatic rings. The van der Waals surface area contributed by atoms with Crippen LogP contribution in [-0.4, -0.2) is 23.0 Å². The van der Waals surface area contributed by atoms with Crippen molar-refractivity contribution in [3.8, 4) is 17.4 Å². The fraction of sp³-hybridized carbons (Fsp3) is 0.0556. The molecule has 3 rings (SSSR count). The fourth-order valence-electron chi connectivity index (χ4n) is 2.14. The lowest BCUT2D eigenvalue weighted by atomic mass is 10.2. The molecule has 0 spiro atoms. The first kappa shape index (κ1) is 17.9. The van der Waals surface area contributed by atoms with E-state index in [1.165, 1.54) is 24.5 Å². The van der Waals surface area contributed by atoms with Crippen molar-refractivity contribution in [2.24, 2.45) is 0 Å². The third-order valence-electron chi connectivity index (χ3n) is 3.53. The fourth-order valence-corrected chi connectivity index (χ4v) is 2.14. The number of hydrogen-bond acceptors (Lipinski definition) is 7. The van der Waals surface area contributed by atoms with E-state index in [9.17, 15) is 9.18 Å². The van der Waals surface area contributed by atoms with Crippen molar-refractivity contribution < 1.29 is 18.7 Å². The number of nitrogen functional groups attached to an aromatic ring is 1. The van der Waals surface area contributed by atoms with E-state index in [1.54, 1.807) is 37.4 Å². The molecule has 8 nitrogen and oxygen atoms in total. The van der Waals surface area contributed by atoms with Crippen LogP contribution in [0.3, 0.4) is 0 Å². The van der Waals surface area contributed by atoms with Gasteiger partial charge in [-0.05, 0) is 36.4 Å². The van der Waals surface area contributed by atoms with Gasteiger partial charge in [0.2, 0.25) is 5.88 Å². The summed E-state index contributed by atoms with van der Waals surface area (Å²) >= 11 is 0. The van der Waals surface area contributed by atoms with Gasteiger partial charge in [0.05, 0.1) is 12.7 Å². The zero-order valence-corrected chi connectivity index (χ0v) is 14.3. The zero-order chi connectivity index (χ0) is 19.2. The number of benzene rings is 2. The molecule has 27 heavy (non-hydrogen) atoms. The standard InChI is InChI=1S/C18H16FN5O3/c1-26-11-6-8-12(9-7-11)27-18-15(20)16(21-10-22-18)23-24-17(25)13-4-2-3-5-14(13)19/h2-10H,20H2,1H3,(H,24,25)(H,21,22,23). The molecule has 0 radical (unpaired) electrons. The molecular weight excluding hydrogens is 353 g/mol. The Morgan fingerprint density at radius 3 is 2.48 bits per heavy atom. The summed E-state index contributed by atoms with van der Waals surface area (Å²) in [6.07, 6.45) is 1.22. The van der Waals surface area contributed by atoms with Crippen LogP contribution in [0.2, 0.25) is 0 Å². The molecule has 0 aliphatic heterocycles. The zero-order valence-electron chi connectivity index (χ0n) is 14.3. The summed E-state index contributed by atoms with van der Waals surface area (Å²) in [7, 11) is 1.56. The van der Waals surface area contributed by atoms with E-state index in [1.807, 2.05) is 0 Å². The van der Waals surface area contributed by atoms with Crippen LogP contribution >= 0.6 is 0 Å². The van der Waals surface area contributed by atoms with Gasteiger partial charge in [0, 0.05) is 0 Å². The second-order valence-corrected chi connectivity index (χ2v) is 5.28. The highest BCUT2D eigenvalue weighted by Gasteiger charge is 2.14. The smallest absolute Gasteiger partial charge is 0.272 e. The van der Waals surface area contributed by atoms with Gasteiger partial charge in [-0.25, -0.2) is 9.37 Å². The van der Waals surface area contributed by atoms with Crippen LogP contribution in [0.5, 0.6) is 17.4 Å². The van der Waals surface area contributed by atoms with E-state index in [4.69, 9.17) is 15.2 Å². The first-order chi connectivity index (χ1) is 13.1. The number of amides is 1. The van der Waals surface area contributed by atoms with Crippen molar-refractivity contribution in [1.82, 2.24) is 15.4 Å². The lowest BCUT2D eigenvalue weighted by molar-refractivity contribution is 0.0958. The van der Waals surface area contributed by atoms with Gasteiger partial charge >= 0.3 is 0 Å². The maximum Gasteiger partial charge on any atom is 0.272 e. The Labute approximate surface area is 154 Å². The van der Waals surface area contributed by atoms with Crippen molar-refractivity contribution in [2.75, 3.05) is 18.3 Å². The number of nitrogens with two attached hydrogens (primary N) is 1. The molecule has 9 heteroatoms. The van der Waals surface area contributed by atoms with Gasteiger partial charge in [0.1, 0.15) is 29.3 Å². The van der Waals surface area contributed by atoms with Crippen molar-refractivity contribution in [3.05, 3.63) is 66.2 Å². The van der Waals surface area contributed by atoms with E-state index >= 15 is 0 Å². The molecule has 0 fully saturated rings. The average molecular weight is 369 g/mol. The minimum Gasteiger partial charge on any atom is -0.497 e. The molecule has 1 aromatic heterocycles. The van der Waals surface area contributed by atoms with Gasteiger partial charge in [-0.3, -0.25) is 15.6 Å². The lowest BCUT2D eigenvalue weighted by Crippen LogP contribution is -2.31. The summed E-state index contributed by atoms with van der Waals surface area (Å²) in [5, 5.41) is 0. The second-order valence-electron chi connectivity index (χ2n) is 5.28. The van der Waals surface area contributed by atoms with E-state index in [-0.39, 0.29) is 22.9 Å². The number of rotatable bonds is 6. The van der Waals surface area contributed by atoms with Crippen molar-refractivity contribution in [2.45, 2.75) is 0 Å². The van der Waals surface area contributed by atoms with Crippen LogP contribution in [0.15, 0.2) is 54.9 Å². The topological polar surface area (TPSA) is 111 Å². The van der Waals surface area contributed by atoms with E-state index in [0.717, 1.165) is 0 Å². The number of nitrogens with one attached hydrogen (secondary N) is 2. The SMILES string of the molecule is COc1ccc(Oc2ncnc(NNC(=O)c3ccccc3F)c2N)cc1. The van der Waals surface area contributed by atoms with Crippen molar-refractivity contribution in [3.63, 3.8) is 0 Å². The van der Waals surface area contributed by atoms with Crippen LogP contribution < -0.4 is 26.1 Å². The molecule has 138 valence electrons. The van der Waals surface area contributed by atoms with Gasteiger partial charge < -0.3 is 15.2 Å². The quantitative estimate of drug-likeness (QED) is 0.573. The second kappa shape index (κ2) is 8.00. The highest BCUT2D eigenvalue weighted by molar-refractivity contribution is 5.95. The monoisotopic (exact) mass is 369 g/mol. The first-order valence-corrected chi connectivity index (χ1v) is 7.81. The molecule has 1 amide bonds. The molecule has 0 saturated carbocycles. The largest absolute Gasteiger partial charge is 0.497 e. The van der Waals surface area contributed by atoms with Crippen LogP contribution in [0.1, 0.15) is 10.4 Å². The van der Waals surface area contributed by atoms with Gasteiger partial charge in [-0.1, -0.05) is 12.1 Å². The number of halogens is 1. The molecule has 0 atom stereocenters. The molecule has 1 heterocycles. The molecule has 2 aromatic carbocycles. The Hall–Kier alpha value is -3.88. The van der Waals surface area contributed by atoms with Gasteiger partial charge in [-0.15, -0.1) is 0 Å². The number of nitrogens with zero attached hydrogens (tertiary/aromatic N) is 2. The summed E-state index contributed by atoms with van der Waals surface area (Å²) < 4.78 is 24.3. The number of aromatic nitrogens is 2. The Kier molecular flexibility index (Phi) is 5.31. The summed E-state index contributed by atoms with van der Waals surface area (Å²) in [5.41, 5.74) is 10.8. The van der Waals surface area contributed by atoms with Crippen LogP contribution in [0, 0.1) is 5.82 Å². The third kappa shape index (κ3) is 4.21. The average Bonchev–Trinajstić information content (AvgIpc) is 2.69. The van der Waals surface area contributed by atoms with Crippen LogP contribution in [0.4, 0.5) is 15.9 Å². The van der Waals surface area contributed by atoms with Crippen molar-refractivity contribution >= 4 is 17.4 Å². The van der Waals surface area contributed by atoms with Crippen molar-refractivity contribution in [1.29, 1.82) is 0 Å². The Balaban J connectivity index is 1.71. The lowest BCUT2D eigenvalue weighted by Gasteiger charge is -2.12. The Morgan fingerprint density at radius 1 is 1.07 bits per heavy atom. The van der Waals surface area contributed by atoms with Gasteiger partial charge in [-0.2, -0.15) is 4.98 Å². The summed E-state index contributed by atoms with van der Waals surface area (Å²) in [4.78, 5) is 20.0. The minimum atomic E-state index is -0.677. The molecular formula is C18H16FN5O3. The number of anilines is 2. The predicted molar refractivity (Wildman–Crippen MR) is 97.0 cm³/mol. The van der Waals surface area contributed by atoms with Gasteiger partial charge in [0.15, 0.2) is 5.82 Å². The third-order valence-corrected chi connectivity index (χ3v) is 3.53. The summed E-state index contributed by atoms with van der Waals surface area (Å²) in [6.45, 7) is 0. The number of hydrazine groups is 1. The summed E-state index contributed by atoms with van der Waals surface area (Å²) in [6, 6.07) is 12.4. The molecule has 0 aliphatic carbocycles. The molecule has 0 bridgehead atoms. The Morgan fingerprint density at radius 2 is 1.78 bits per heavy atom. The number of hydrogen-bond donors (Lipinski definition) is 3.